The maximum atomic E-state index is 10.3. The van der Waals surface area contributed by atoms with E-state index in [1.165, 1.54) is 18.2 Å². The summed E-state index contributed by atoms with van der Waals surface area (Å²) in [6.07, 6.45) is 0. The average Bonchev–Trinajstić information content (AvgIpc) is 2.42. The zero-order valence-corrected chi connectivity index (χ0v) is 10.6. The van der Waals surface area contributed by atoms with Gasteiger partial charge in [0.1, 0.15) is 11.3 Å². The molecule has 0 spiro atoms. The number of rotatable bonds is 2. The number of aromatic hydroxyl groups is 3. The van der Waals surface area contributed by atoms with E-state index in [-0.39, 0.29) is 22.6 Å². The van der Waals surface area contributed by atoms with Crippen LogP contribution in [-0.2, 0) is 0 Å². The van der Waals surface area contributed by atoms with Gasteiger partial charge in [0.05, 0.1) is 5.56 Å². The van der Waals surface area contributed by atoms with Crippen LogP contribution in [-0.4, -0.2) is 37.5 Å². The van der Waals surface area contributed by atoms with Gasteiger partial charge in [0.2, 0.25) is 0 Å². The minimum atomic E-state index is -1.14. The number of phenols is 3. The fourth-order valence-electron chi connectivity index (χ4n) is 1.31. The van der Waals surface area contributed by atoms with E-state index >= 15 is 0 Å². The van der Waals surface area contributed by atoms with Gasteiger partial charge in [-0.15, -0.1) is 0 Å². The summed E-state index contributed by atoms with van der Waals surface area (Å²) in [6.45, 7) is 0. The summed E-state index contributed by atoms with van der Waals surface area (Å²) >= 11 is 0. The van der Waals surface area contributed by atoms with Gasteiger partial charge in [0, 0.05) is 0 Å². The van der Waals surface area contributed by atoms with Gasteiger partial charge in [-0.05, 0) is 30.3 Å². The van der Waals surface area contributed by atoms with Gasteiger partial charge in [0.25, 0.3) is 0 Å². The van der Waals surface area contributed by atoms with Crippen molar-refractivity contribution in [1.29, 1.82) is 0 Å². The molecule has 7 nitrogen and oxygen atoms in total. The van der Waals surface area contributed by atoms with Crippen molar-refractivity contribution < 1.29 is 35.1 Å². The number of benzene rings is 2. The number of phenolic OH excluding ortho intramolecular Hbond substituents is 2. The molecule has 0 atom stereocenters. The van der Waals surface area contributed by atoms with Crippen LogP contribution in [0.2, 0.25) is 0 Å². The lowest BCUT2D eigenvalue weighted by Gasteiger charge is -1.97. The van der Waals surface area contributed by atoms with E-state index in [1.807, 2.05) is 0 Å². The Kier molecular flexibility index (Phi) is 5.13. The second kappa shape index (κ2) is 6.80. The standard InChI is InChI=1S/C7H6O4.C7H6O3/c8-5-2-1-4(7(10)11)3-6(5)9;8-6-4-2-1-3-5(6)7(9)10/h1-3,8-9H,(H,10,11);1-4,8H,(H,9,10). The van der Waals surface area contributed by atoms with E-state index in [0.29, 0.717) is 0 Å². The number of carboxylic acid groups (broad SMARTS) is 2. The zero-order valence-electron chi connectivity index (χ0n) is 10.6. The third-order valence-electron chi connectivity index (χ3n) is 2.36. The molecule has 0 radical (unpaired) electrons. The predicted molar refractivity (Wildman–Crippen MR) is 71.8 cm³/mol. The molecule has 0 aliphatic heterocycles. The van der Waals surface area contributed by atoms with Crippen molar-refractivity contribution in [3.8, 4) is 17.2 Å². The van der Waals surface area contributed by atoms with Gasteiger partial charge < -0.3 is 25.5 Å². The highest BCUT2D eigenvalue weighted by atomic mass is 16.4. The lowest BCUT2D eigenvalue weighted by atomic mass is 10.2. The van der Waals surface area contributed by atoms with Crippen LogP contribution in [0, 0.1) is 0 Å². The Hall–Kier alpha value is -3.22. The van der Waals surface area contributed by atoms with Gasteiger partial charge in [-0.2, -0.15) is 0 Å². The van der Waals surface area contributed by atoms with E-state index in [0.717, 1.165) is 12.1 Å². The van der Waals surface area contributed by atoms with Crippen LogP contribution in [0.4, 0.5) is 0 Å². The summed E-state index contributed by atoms with van der Waals surface area (Å²) in [5, 5.41) is 43.3. The molecule has 0 saturated heterocycles. The smallest absolute Gasteiger partial charge is 0.339 e. The van der Waals surface area contributed by atoms with Gasteiger partial charge in [-0.1, -0.05) is 12.1 Å². The highest BCUT2D eigenvalue weighted by molar-refractivity contribution is 5.90. The van der Waals surface area contributed by atoms with E-state index in [4.69, 9.17) is 25.5 Å². The summed E-state index contributed by atoms with van der Waals surface area (Å²) in [7, 11) is 0. The molecule has 0 aliphatic rings. The Morgan fingerprint density at radius 1 is 0.714 bits per heavy atom. The minimum absolute atomic E-state index is 0.0553. The van der Waals surface area contributed by atoms with Crippen LogP contribution < -0.4 is 0 Å². The summed E-state index contributed by atoms with van der Waals surface area (Å²) in [5.74, 6) is -3.20. The molecule has 5 N–H and O–H groups in total. The number of hydrogen-bond donors (Lipinski definition) is 5. The summed E-state index contributed by atoms with van der Waals surface area (Å²) < 4.78 is 0. The van der Waals surface area contributed by atoms with Gasteiger partial charge in [0.15, 0.2) is 11.5 Å². The van der Waals surface area contributed by atoms with Crippen LogP contribution >= 0.6 is 0 Å². The van der Waals surface area contributed by atoms with E-state index in [1.54, 1.807) is 12.1 Å². The molecule has 0 saturated carbocycles. The van der Waals surface area contributed by atoms with Crippen molar-refractivity contribution in [3.63, 3.8) is 0 Å². The Morgan fingerprint density at radius 3 is 1.76 bits per heavy atom. The number of carbonyl (C=O) groups is 2. The van der Waals surface area contributed by atoms with Crippen molar-refractivity contribution in [1.82, 2.24) is 0 Å². The van der Waals surface area contributed by atoms with Crippen molar-refractivity contribution in [2.24, 2.45) is 0 Å². The largest absolute Gasteiger partial charge is 0.507 e. The van der Waals surface area contributed by atoms with Crippen molar-refractivity contribution in [2.75, 3.05) is 0 Å². The lowest BCUT2D eigenvalue weighted by molar-refractivity contribution is 0.0684. The second-order valence-electron chi connectivity index (χ2n) is 3.83. The number of para-hydroxylation sites is 1. The Morgan fingerprint density at radius 2 is 1.33 bits per heavy atom. The van der Waals surface area contributed by atoms with E-state index < -0.39 is 17.7 Å². The molecule has 0 aromatic heterocycles. The first-order chi connectivity index (χ1) is 9.82. The molecule has 2 aromatic carbocycles. The second-order valence-corrected chi connectivity index (χ2v) is 3.83. The maximum absolute atomic E-state index is 10.3. The van der Waals surface area contributed by atoms with E-state index in [9.17, 15) is 9.59 Å². The third kappa shape index (κ3) is 4.43. The molecule has 7 heteroatoms. The molecular weight excluding hydrogens is 280 g/mol. The first kappa shape index (κ1) is 15.8. The fraction of sp³-hybridized carbons (Fsp3) is 0. The van der Waals surface area contributed by atoms with Crippen molar-refractivity contribution in [3.05, 3.63) is 53.6 Å². The van der Waals surface area contributed by atoms with Gasteiger partial charge >= 0.3 is 11.9 Å². The molecule has 0 fully saturated rings. The summed E-state index contributed by atoms with van der Waals surface area (Å²) in [6, 6.07) is 9.12. The summed E-state index contributed by atoms with van der Waals surface area (Å²) in [5.41, 5.74) is -0.122. The number of hydrogen-bond acceptors (Lipinski definition) is 5. The maximum Gasteiger partial charge on any atom is 0.339 e. The van der Waals surface area contributed by atoms with Gasteiger partial charge in [-0.25, -0.2) is 9.59 Å². The number of aromatic carboxylic acids is 2. The van der Waals surface area contributed by atoms with E-state index in [2.05, 4.69) is 0 Å². The molecule has 0 heterocycles. The average molecular weight is 292 g/mol. The lowest BCUT2D eigenvalue weighted by Crippen LogP contribution is -1.95. The van der Waals surface area contributed by atoms with Crippen LogP contribution in [0.25, 0.3) is 0 Å². The first-order valence-electron chi connectivity index (χ1n) is 5.59. The monoisotopic (exact) mass is 292 g/mol. The molecule has 0 amide bonds. The third-order valence-corrected chi connectivity index (χ3v) is 2.36. The molecule has 2 aromatic rings. The molecule has 0 unspecified atom stereocenters. The zero-order chi connectivity index (χ0) is 16.0. The van der Waals surface area contributed by atoms with Crippen LogP contribution in [0.5, 0.6) is 17.2 Å². The highest BCUT2D eigenvalue weighted by Gasteiger charge is 2.06. The quantitative estimate of drug-likeness (QED) is 0.533. The predicted octanol–water partition coefficient (Wildman–Crippen LogP) is 1.89. The Bertz CT molecular complexity index is 664. The topological polar surface area (TPSA) is 135 Å². The number of carboxylic acids is 2. The van der Waals surface area contributed by atoms with Crippen LogP contribution in [0.1, 0.15) is 20.7 Å². The molecular formula is C14H12O7. The Balaban J connectivity index is 0.000000211. The van der Waals surface area contributed by atoms with Crippen LogP contribution in [0.3, 0.4) is 0 Å². The van der Waals surface area contributed by atoms with Crippen molar-refractivity contribution in [2.45, 2.75) is 0 Å². The Labute approximate surface area is 119 Å². The fourth-order valence-corrected chi connectivity index (χ4v) is 1.31. The molecule has 0 aliphatic carbocycles. The van der Waals surface area contributed by atoms with Gasteiger partial charge in [-0.3, -0.25) is 0 Å². The van der Waals surface area contributed by atoms with Crippen LogP contribution in [0.15, 0.2) is 42.5 Å². The molecule has 2 rings (SSSR count). The summed E-state index contributed by atoms with van der Waals surface area (Å²) in [4.78, 5) is 20.5. The highest BCUT2D eigenvalue weighted by Crippen LogP contribution is 2.24. The molecule has 21 heavy (non-hydrogen) atoms. The van der Waals surface area contributed by atoms with Crippen molar-refractivity contribution >= 4 is 11.9 Å². The molecule has 110 valence electrons. The molecule has 0 bridgehead atoms. The normalized spacial score (nSPS) is 9.33. The first-order valence-corrected chi connectivity index (χ1v) is 5.59. The SMILES string of the molecule is O=C(O)c1ccc(O)c(O)c1.O=C(O)c1ccccc1O. The minimum Gasteiger partial charge on any atom is -0.507 e.